The molecule has 0 fully saturated rings. The van der Waals surface area contributed by atoms with Crippen LogP contribution in [0, 0.1) is 6.92 Å². The minimum absolute atomic E-state index is 0.520. The van der Waals surface area contributed by atoms with E-state index in [9.17, 15) is 9.90 Å². The summed E-state index contributed by atoms with van der Waals surface area (Å²) in [5.74, 6) is 0.125. The fourth-order valence-electron chi connectivity index (χ4n) is 7.35. The molecule has 7 nitrogen and oxygen atoms in total. The van der Waals surface area contributed by atoms with E-state index in [2.05, 4.69) is 67.2 Å². The van der Waals surface area contributed by atoms with Crippen molar-refractivity contribution in [2.24, 2.45) is 7.05 Å². The number of benzene rings is 3. The lowest BCUT2D eigenvalue weighted by Crippen LogP contribution is -2.51. The maximum absolute atomic E-state index is 13.2. The highest BCUT2D eigenvalue weighted by Gasteiger charge is 2.54. The average Bonchev–Trinajstić information content (AvgIpc) is 3.45. The topological polar surface area (TPSA) is 70.8 Å². The first-order valence-corrected chi connectivity index (χ1v) is 14.8. The molecule has 3 aromatic carbocycles. The molecule has 3 heterocycles. The van der Waals surface area contributed by atoms with Gasteiger partial charge in [-0.25, -0.2) is 4.79 Å². The standard InChI is InChI=1S/C34H40N4O3/c1-5-34(17-9-20-41-29-14-8-12-24-11-6-7-13-25(24)29)27-16-15-23(2)30-26-21-37(4)35-28(26)22-36(3)18-10-19-38(31(27)30)32(34)33(39)40/h6-8,11-16,21,32H,5,9-10,17-20,22H2,1-4H3,(H,39,40). The molecule has 0 bridgehead atoms. The predicted octanol–water partition coefficient (Wildman–Crippen LogP) is 6.16. The van der Waals surface area contributed by atoms with Crippen molar-refractivity contribution >= 4 is 22.4 Å². The van der Waals surface area contributed by atoms with Crippen LogP contribution in [0.25, 0.3) is 21.9 Å². The maximum atomic E-state index is 13.2. The van der Waals surface area contributed by atoms with Crippen molar-refractivity contribution in [2.75, 3.05) is 31.6 Å². The molecule has 0 saturated carbocycles. The number of hydrogen-bond donors (Lipinski definition) is 1. The van der Waals surface area contributed by atoms with E-state index in [1.54, 1.807) is 0 Å². The van der Waals surface area contributed by atoms with Crippen LogP contribution in [0.4, 0.5) is 5.69 Å². The number of rotatable bonds is 7. The largest absolute Gasteiger partial charge is 0.493 e. The van der Waals surface area contributed by atoms with Crippen LogP contribution in [0.3, 0.4) is 0 Å². The zero-order valence-corrected chi connectivity index (χ0v) is 24.6. The normalized spacial score (nSPS) is 20.6. The quantitative estimate of drug-likeness (QED) is 0.277. The fraction of sp³-hybridized carbons (Fsp3) is 0.412. The summed E-state index contributed by atoms with van der Waals surface area (Å²) in [5.41, 5.74) is 6.16. The molecule has 2 atom stereocenters. The van der Waals surface area contributed by atoms with Crippen LogP contribution in [0.1, 0.15) is 49.4 Å². The summed E-state index contributed by atoms with van der Waals surface area (Å²) in [6.45, 7) is 7.18. The number of nitrogens with zero attached hydrogens (tertiary/aromatic N) is 4. The summed E-state index contributed by atoms with van der Waals surface area (Å²) in [5, 5.41) is 17.9. The molecule has 0 amide bonds. The molecular formula is C34H40N4O3. The first kappa shape index (κ1) is 27.3. The van der Waals surface area contributed by atoms with Gasteiger partial charge in [-0.15, -0.1) is 0 Å². The number of aryl methyl sites for hydroxylation is 2. The second-order valence-corrected chi connectivity index (χ2v) is 11.8. The third-order valence-corrected chi connectivity index (χ3v) is 9.22. The van der Waals surface area contributed by atoms with E-state index < -0.39 is 17.4 Å². The molecule has 2 unspecified atom stereocenters. The Morgan fingerprint density at radius 3 is 2.71 bits per heavy atom. The molecule has 7 heteroatoms. The van der Waals surface area contributed by atoms with E-state index in [-0.39, 0.29) is 0 Å². The molecule has 2 aliphatic heterocycles. The minimum atomic E-state index is -0.751. The smallest absolute Gasteiger partial charge is 0.327 e. The van der Waals surface area contributed by atoms with Gasteiger partial charge in [-0.05, 0) is 68.8 Å². The molecule has 2 aliphatic rings. The van der Waals surface area contributed by atoms with Crippen molar-refractivity contribution in [3.63, 3.8) is 0 Å². The molecular weight excluding hydrogens is 512 g/mol. The number of hydrogen-bond acceptors (Lipinski definition) is 5. The highest BCUT2D eigenvalue weighted by molar-refractivity contribution is 5.94. The second-order valence-electron chi connectivity index (χ2n) is 11.8. The summed E-state index contributed by atoms with van der Waals surface area (Å²) >= 11 is 0. The predicted molar refractivity (Wildman–Crippen MR) is 164 cm³/mol. The van der Waals surface area contributed by atoms with Crippen LogP contribution in [-0.2, 0) is 23.8 Å². The van der Waals surface area contributed by atoms with E-state index >= 15 is 0 Å². The third kappa shape index (κ3) is 4.66. The molecule has 0 saturated heterocycles. The zero-order chi connectivity index (χ0) is 28.7. The Morgan fingerprint density at radius 1 is 1.10 bits per heavy atom. The van der Waals surface area contributed by atoms with Gasteiger partial charge in [-0.3, -0.25) is 4.68 Å². The Balaban J connectivity index is 1.39. The fourth-order valence-corrected chi connectivity index (χ4v) is 7.35. The van der Waals surface area contributed by atoms with Crippen molar-refractivity contribution in [3.05, 3.63) is 77.6 Å². The molecule has 1 aromatic heterocycles. The zero-order valence-electron chi connectivity index (χ0n) is 24.6. The van der Waals surface area contributed by atoms with Gasteiger partial charge in [-0.2, -0.15) is 5.10 Å². The summed E-state index contributed by atoms with van der Waals surface area (Å²) in [6.07, 6.45) is 5.23. The molecule has 1 N–H and O–H groups in total. The molecule has 214 valence electrons. The summed E-state index contributed by atoms with van der Waals surface area (Å²) in [7, 11) is 4.09. The van der Waals surface area contributed by atoms with Gasteiger partial charge in [0.15, 0.2) is 0 Å². The Morgan fingerprint density at radius 2 is 1.90 bits per heavy atom. The Kier molecular flexibility index (Phi) is 7.24. The van der Waals surface area contributed by atoms with Gasteiger partial charge in [0.2, 0.25) is 0 Å². The van der Waals surface area contributed by atoms with E-state index in [0.29, 0.717) is 13.2 Å². The molecule has 0 aliphatic carbocycles. The van der Waals surface area contributed by atoms with E-state index in [0.717, 1.165) is 88.9 Å². The monoisotopic (exact) mass is 552 g/mol. The average molecular weight is 553 g/mol. The second kappa shape index (κ2) is 10.9. The first-order valence-electron chi connectivity index (χ1n) is 14.8. The molecule has 4 aromatic rings. The SMILES string of the molecule is CCC1(CCCOc2cccc3ccccc23)c2ccc(C)c3c2N(CCCN(C)Cc2nn(C)cc2-3)C1C(=O)O. The number of fused-ring (bicyclic) bond motifs is 3. The summed E-state index contributed by atoms with van der Waals surface area (Å²) in [4.78, 5) is 17.7. The number of aromatic nitrogens is 2. The van der Waals surface area contributed by atoms with Crippen LogP contribution < -0.4 is 9.64 Å². The minimum Gasteiger partial charge on any atom is -0.493 e. The van der Waals surface area contributed by atoms with Crippen molar-refractivity contribution < 1.29 is 14.6 Å². The Labute approximate surface area is 242 Å². The van der Waals surface area contributed by atoms with Gasteiger partial charge in [0.25, 0.3) is 0 Å². The Hall–Kier alpha value is -3.84. The molecule has 6 rings (SSSR count). The Bertz CT molecular complexity index is 1590. The van der Waals surface area contributed by atoms with Crippen molar-refractivity contribution in [2.45, 2.75) is 57.5 Å². The lowest BCUT2D eigenvalue weighted by molar-refractivity contribution is -0.140. The molecule has 0 radical (unpaired) electrons. The van der Waals surface area contributed by atoms with Gasteiger partial charge < -0.3 is 19.6 Å². The van der Waals surface area contributed by atoms with E-state index in [1.807, 2.05) is 36.0 Å². The van der Waals surface area contributed by atoms with Gasteiger partial charge in [0.05, 0.1) is 12.3 Å². The van der Waals surface area contributed by atoms with Crippen molar-refractivity contribution in [1.82, 2.24) is 14.7 Å². The van der Waals surface area contributed by atoms with Gasteiger partial charge in [-0.1, -0.05) is 55.5 Å². The van der Waals surface area contributed by atoms with Crippen LogP contribution in [0.5, 0.6) is 5.75 Å². The van der Waals surface area contributed by atoms with E-state index in [1.165, 1.54) is 0 Å². The van der Waals surface area contributed by atoms with Crippen LogP contribution in [0.2, 0.25) is 0 Å². The maximum Gasteiger partial charge on any atom is 0.327 e. The highest BCUT2D eigenvalue weighted by Crippen LogP contribution is 2.55. The number of carbonyl (C=O) groups is 1. The number of carboxylic acid groups (broad SMARTS) is 1. The van der Waals surface area contributed by atoms with Gasteiger partial charge >= 0.3 is 5.97 Å². The van der Waals surface area contributed by atoms with Crippen LogP contribution >= 0.6 is 0 Å². The van der Waals surface area contributed by atoms with Crippen LogP contribution in [-0.4, -0.2) is 58.5 Å². The number of aliphatic carboxylic acids is 1. The van der Waals surface area contributed by atoms with Crippen molar-refractivity contribution in [1.29, 1.82) is 0 Å². The lowest BCUT2D eigenvalue weighted by Gasteiger charge is -2.37. The molecule has 0 spiro atoms. The van der Waals surface area contributed by atoms with Crippen molar-refractivity contribution in [3.8, 4) is 16.9 Å². The first-order chi connectivity index (χ1) is 19.8. The number of anilines is 1. The number of ether oxygens (including phenoxy) is 1. The third-order valence-electron chi connectivity index (χ3n) is 9.22. The van der Waals surface area contributed by atoms with Gasteiger partial charge in [0.1, 0.15) is 11.8 Å². The summed E-state index contributed by atoms with van der Waals surface area (Å²) < 4.78 is 8.21. The lowest BCUT2D eigenvalue weighted by atomic mass is 9.70. The molecule has 41 heavy (non-hydrogen) atoms. The van der Waals surface area contributed by atoms with E-state index in [4.69, 9.17) is 9.84 Å². The van der Waals surface area contributed by atoms with Gasteiger partial charge in [0, 0.05) is 53.9 Å². The van der Waals surface area contributed by atoms with Crippen LogP contribution in [0.15, 0.2) is 60.8 Å². The summed E-state index contributed by atoms with van der Waals surface area (Å²) in [6, 6.07) is 18.1. The highest BCUT2D eigenvalue weighted by atomic mass is 16.5. The number of carboxylic acids is 1.